The van der Waals surface area contributed by atoms with Crippen molar-refractivity contribution in [2.45, 2.75) is 0 Å². The van der Waals surface area contributed by atoms with Crippen molar-refractivity contribution in [3.05, 3.63) is 59.4 Å². The van der Waals surface area contributed by atoms with Crippen LogP contribution in [0.2, 0.25) is 0 Å². The summed E-state index contributed by atoms with van der Waals surface area (Å²) in [6, 6.07) is 9.16. The van der Waals surface area contributed by atoms with Crippen LogP contribution in [-0.4, -0.2) is 26.9 Å². The zero-order valence-electron chi connectivity index (χ0n) is 11.9. The minimum atomic E-state index is -0.139. The third-order valence-corrected chi connectivity index (χ3v) is 3.81. The van der Waals surface area contributed by atoms with Crippen molar-refractivity contribution >= 4 is 35.2 Å². The molecule has 104 valence electrons. The molecule has 0 saturated carbocycles. The lowest BCUT2D eigenvalue weighted by Gasteiger charge is -2.06. The summed E-state index contributed by atoms with van der Waals surface area (Å²) in [5.41, 5.74) is 3.55. The summed E-state index contributed by atoms with van der Waals surface area (Å²) in [5.74, 6) is 0. The van der Waals surface area contributed by atoms with E-state index in [0.29, 0.717) is 11.2 Å². The summed E-state index contributed by atoms with van der Waals surface area (Å²) in [6.07, 6.45) is 5.05. The maximum Gasteiger partial charge on any atom is 0.333 e. The van der Waals surface area contributed by atoms with Gasteiger partial charge in [0.05, 0.1) is 34.6 Å². The average Bonchev–Trinajstić information content (AvgIpc) is 2.80. The molecule has 5 nitrogen and oxygen atoms in total. The average molecular weight is 286 g/mol. The maximum absolute atomic E-state index is 12.7. The molecule has 4 aromatic rings. The van der Waals surface area contributed by atoms with Crippen LogP contribution >= 0.6 is 0 Å². The molecular formula is C16H11BN4O. The summed E-state index contributed by atoms with van der Waals surface area (Å²) in [6.45, 7) is 0. The van der Waals surface area contributed by atoms with Crippen molar-refractivity contribution in [1.82, 2.24) is 19.1 Å². The zero-order valence-corrected chi connectivity index (χ0v) is 11.9. The van der Waals surface area contributed by atoms with Crippen molar-refractivity contribution in [3.8, 4) is 5.69 Å². The van der Waals surface area contributed by atoms with Crippen molar-refractivity contribution in [3.63, 3.8) is 0 Å². The van der Waals surface area contributed by atoms with Gasteiger partial charge in [0, 0.05) is 18.6 Å². The van der Waals surface area contributed by atoms with Crippen molar-refractivity contribution in [2.75, 3.05) is 0 Å². The number of benzene rings is 1. The maximum atomic E-state index is 12.7. The molecule has 0 saturated heterocycles. The van der Waals surface area contributed by atoms with E-state index in [1.807, 2.05) is 18.2 Å². The second-order valence-corrected chi connectivity index (χ2v) is 5.16. The van der Waals surface area contributed by atoms with E-state index in [1.165, 1.54) is 0 Å². The number of fused-ring (bicyclic) bond motifs is 3. The van der Waals surface area contributed by atoms with E-state index in [4.69, 9.17) is 7.85 Å². The number of hydrogen-bond acceptors (Lipinski definition) is 3. The van der Waals surface area contributed by atoms with Crippen LogP contribution in [-0.2, 0) is 7.05 Å². The first-order valence-electron chi connectivity index (χ1n) is 6.83. The first-order valence-corrected chi connectivity index (χ1v) is 6.83. The van der Waals surface area contributed by atoms with E-state index in [0.717, 1.165) is 21.9 Å². The van der Waals surface area contributed by atoms with E-state index < -0.39 is 0 Å². The molecule has 0 atom stereocenters. The predicted molar refractivity (Wildman–Crippen MR) is 87.0 cm³/mol. The highest BCUT2D eigenvalue weighted by atomic mass is 16.1. The highest BCUT2D eigenvalue weighted by Gasteiger charge is 2.15. The molecule has 1 aromatic carbocycles. The first-order chi connectivity index (χ1) is 10.7. The molecule has 0 bridgehead atoms. The van der Waals surface area contributed by atoms with E-state index in [9.17, 15) is 4.79 Å². The number of imidazole rings is 1. The second kappa shape index (κ2) is 4.56. The Morgan fingerprint density at radius 1 is 1.18 bits per heavy atom. The molecule has 0 aliphatic carbocycles. The Kier molecular flexibility index (Phi) is 2.66. The lowest BCUT2D eigenvalue weighted by molar-refractivity contribution is 0.844. The monoisotopic (exact) mass is 286 g/mol. The van der Waals surface area contributed by atoms with Gasteiger partial charge in [-0.1, -0.05) is 17.6 Å². The molecule has 0 amide bonds. The topological polar surface area (TPSA) is 52.7 Å². The first kappa shape index (κ1) is 12.8. The Bertz CT molecular complexity index is 1070. The predicted octanol–water partition coefficient (Wildman–Crippen LogP) is 1.07. The van der Waals surface area contributed by atoms with E-state index in [2.05, 4.69) is 9.97 Å². The summed E-state index contributed by atoms with van der Waals surface area (Å²) in [4.78, 5) is 21.2. The van der Waals surface area contributed by atoms with Gasteiger partial charge in [0.15, 0.2) is 0 Å². The Morgan fingerprint density at radius 2 is 2.05 bits per heavy atom. The summed E-state index contributed by atoms with van der Waals surface area (Å²) in [5, 5.41) is 0.846. The molecule has 3 aromatic heterocycles. The SMILES string of the molecule is [B]c1ccc2ncc3c(c2c1)n(-c1cccnc1)c(=O)n3C. The molecule has 4 rings (SSSR count). The number of nitrogens with zero attached hydrogens (tertiary/aromatic N) is 4. The molecule has 3 heterocycles. The Morgan fingerprint density at radius 3 is 2.82 bits per heavy atom. The third-order valence-electron chi connectivity index (χ3n) is 3.81. The van der Waals surface area contributed by atoms with Crippen LogP contribution in [0.3, 0.4) is 0 Å². The summed E-state index contributed by atoms with van der Waals surface area (Å²) in [7, 11) is 7.65. The highest BCUT2D eigenvalue weighted by molar-refractivity contribution is 6.33. The van der Waals surface area contributed by atoms with Crippen LogP contribution in [0.25, 0.3) is 27.6 Å². The molecule has 2 radical (unpaired) electrons. The normalized spacial score (nSPS) is 11.3. The zero-order chi connectivity index (χ0) is 15.3. The minimum Gasteiger partial charge on any atom is -0.293 e. The van der Waals surface area contributed by atoms with Gasteiger partial charge in [0.1, 0.15) is 7.85 Å². The molecule has 0 aliphatic rings. The van der Waals surface area contributed by atoms with Gasteiger partial charge in [-0.15, -0.1) is 0 Å². The number of rotatable bonds is 1. The van der Waals surface area contributed by atoms with Gasteiger partial charge in [-0.3, -0.25) is 19.1 Å². The quantitative estimate of drug-likeness (QED) is 0.492. The van der Waals surface area contributed by atoms with Crippen molar-refractivity contribution < 1.29 is 0 Å². The molecular weight excluding hydrogens is 275 g/mol. The fraction of sp³-hybridized carbons (Fsp3) is 0.0625. The highest BCUT2D eigenvalue weighted by Crippen LogP contribution is 2.23. The number of pyridine rings is 2. The molecule has 0 unspecified atom stereocenters. The molecule has 0 spiro atoms. The van der Waals surface area contributed by atoms with Crippen LogP contribution in [0.4, 0.5) is 0 Å². The van der Waals surface area contributed by atoms with Crippen LogP contribution in [0.5, 0.6) is 0 Å². The summed E-state index contributed by atoms with van der Waals surface area (Å²) >= 11 is 0. The Balaban J connectivity index is 2.27. The molecule has 0 fully saturated rings. The van der Waals surface area contributed by atoms with Crippen LogP contribution < -0.4 is 11.2 Å². The van der Waals surface area contributed by atoms with Gasteiger partial charge in [-0.05, 0) is 18.2 Å². The second-order valence-electron chi connectivity index (χ2n) is 5.16. The smallest absolute Gasteiger partial charge is 0.293 e. The third kappa shape index (κ3) is 1.70. The van der Waals surface area contributed by atoms with Gasteiger partial charge in [0.25, 0.3) is 0 Å². The Hall–Kier alpha value is -2.89. The van der Waals surface area contributed by atoms with Gasteiger partial charge in [0.2, 0.25) is 0 Å². The Labute approximate surface area is 127 Å². The number of hydrogen-bond donors (Lipinski definition) is 0. The minimum absolute atomic E-state index is 0.139. The van der Waals surface area contributed by atoms with Crippen LogP contribution in [0, 0.1) is 0 Å². The van der Waals surface area contributed by atoms with Gasteiger partial charge >= 0.3 is 5.69 Å². The molecule has 6 heteroatoms. The fourth-order valence-electron chi connectivity index (χ4n) is 2.74. The van der Waals surface area contributed by atoms with E-state index in [-0.39, 0.29) is 5.69 Å². The fourth-order valence-corrected chi connectivity index (χ4v) is 2.74. The summed E-state index contributed by atoms with van der Waals surface area (Å²) < 4.78 is 3.23. The number of aryl methyl sites for hydroxylation is 1. The van der Waals surface area contributed by atoms with Gasteiger partial charge < -0.3 is 0 Å². The van der Waals surface area contributed by atoms with E-state index in [1.54, 1.807) is 46.9 Å². The largest absolute Gasteiger partial charge is 0.333 e. The van der Waals surface area contributed by atoms with Gasteiger partial charge in [-0.25, -0.2) is 4.79 Å². The lowest BCUT2D eigenvalue weighted by atomic mass is 9.94. The molecule has 0 N–H and O–H groups in total. The van der Waals surface area contributed by atoms with E-state index >= 15 is 0 Å². The number of aromatic nitrogens is 4. The van der Waals surface area contributed by atoms with Crippen LogP contribution in [0.15, 0.2) is 53.7 Å². The van der Waals surface area contributed by atoms with Gasteiger partial charge in [-0.2, -0.15) is 0 Å². The molecule has 22 heavy (non-hydrogen) atoms. The van der Waals surface area contributed by atoms with Crippen molar-refractivity contribution in [1.29, 1.82) is 0 Å². The lowest BCUT2D eigenvalue weighted by Crippen LogP contribution is -2.20. The standard InChI is InChI=1S/C16H11BN4O/c1-20-14-9-19-13-5-4-10(17)7-12(13)15(14)21(16(20)22)11-3-2-6-18-8-11/h2-9H,1H3. The molecule has 0 aliphatic heterocycles. The van der Waals surface area contributed by atoms with Crippen molar-refractivity contribution in [2.24, 2.45) is 7.05 Å². The van der Waals surface area contributed by atoms with Crippen LogP contribution in [0.1, 0.15) is 0 Å².